The molecule has 0 aliphatic carbocycles. The highest BCUT2D eigenvalue weighted by molar-refractivity contribution is 5.95. The van der Waals surface area contributed by atoms with E-state index in [0.717, 1.165) is 44.1 Å². The van der Waals surface area contributed by atoms with Crippen molar-refractivity contribution in [2.45, 2.75) is 39.0 Å². The van der Waals surface area contributed by atoms with Gasteiger partial charge in [0, 0.05) is 38.3 Å². The van der Waals surface area contributed by atoms with Gasteiger partial charge in [0.05, 0.1) is 0 Å². The number of piperidine rings is 1. The lowest BCUT2D eigenvalue weighted by atomic mass is 10.00. The Kier molecular flexibility index (Phi) is 5.38. The van der Waals surface area contributed by atoms with E-state index in [1.54, 1.807) is 0 Å². The number of nitrogens with two attached hydrogens (primary N) is 1. The van der Waals surface area contributed by atoms with Gasteiger partial charge in [0.2, 0.25) is 5.91 Å². The molecule has 0 saturated carbocycles. The number of hydrogen-bond donors (Lipinski definition) is 1. The normalized spacial score (nSPS) is 18.8. The largest absolute Gasteiger partial charge is 0.370 e. The quantitative estimate of drug-likeness (QED) is 0.524. The molecule has 2 N–H and O–H groups in total. The Balaban J connectivity index is 1.43. The average Bonchev–Trinajstić information content (AvgIpc) is 3.03. The molecule has 130 valence electrons. The number of guanidine groups is 1. The minimum atomic E-state index is 0.195. The number of amides is 1. The molecule has 0 atom stereocenters. The van der Waals surface area contributed by atoms with Crippen LogP contribution >= 0.6 is 0 Å². The molecule has 1 amide bonds. The van der Waals surface area contributed by atoms with Crippen molar-refractivity contribution in [1.82, 2.24) is 4.90 Å². The van der Waals surface area contributed by atoms with E-state index < -0.39 is 0 Å². The molecule has 24 heavy (non-hydrogen) atoms. The van der Waals surface area contributed by atoms with Crippen molar-refractivity contribution in [2.75, 3.05) is 31.1 Å². The lowest BCUT2D eigenvalue weighted by Crippen LogP contribution is -2.42. The van der Waals surface area contributed by atoms with Crippen molar-refractivity contribution >= 4 is 17.6 Å². The molecule has 2 aliphatic rings. The Bertz CT molecular complexity index is 605. The van der Waals surface area contributed by atoms with Gasteiger partial charge in [0.1, 0.15) is 0 Å². The number of benzene rings is 1. The number of hydrogen-bond acceptors (Lipinski definition) is 2. The maximum Gasteiger partial charge on any atom is 0.227 e. The fourth-order valence-electron chi connectivity index (χ4n) is 3.49. The topological polar surface area (TPSA) is 61.9 Å². The predicted molar refractivity (Wildman–Crippen MR) is 98.2 cm³/mol. The minimum absolute atomic E-state index is 0.195. The van der Waals surface area contributed by atoms with E-state index in [1.807, 2.05) is 23.1 Å². The molecule has 3 rings (SSSR count). The van der Waals surface area contributed by atoms with Gasteiger partial charge in [-0.3, -0.25) is 9.79 Å². The van der Waals surface area contributed by atoms with Gasteiger partial charge in [0.25, 0.3) is 0 Å². The highest BCUT2D eigenvalue weighted by Gasteiger charge is 2.23. The zero-order valence-corrected chi connectivity index (χ0v) is 14.6. The summed E-state index contributed by atoms with van der Waals surface area (Å²) in [5.74, 6) is 1.62. The summed E-state index contributed by atoms with van der Waals surface area (Å²) in [5.41, 5.74) is 8.42. The molecular formula is C19H28N4O. The Morgan fingerprint density at radius 3 is 2.79 bits per heavy atom. The van der Waals surface area contributed by atoms with Gasteiger partial charge in [-0.2, -0.15) is 0 Å². The summed E-state index contributed by atoms with van der Waals surface area (Å²) in [5, 5.41) is 0. The third-order valence-corrected chi connectivity index (χ3v) is 5.12. The molecule has 1 aromatic rings. The third kappa shape index (κ3) is 3.89. The van der Waals surface area contributed by atoms with Crippen molar-refractivity contribution in [3.8, 4) is 0 Å². The van der Waals surface area contributed by atoms with E-state index in [2.05, 4.69) is 22.9 Å². The summed E-state index contributed by atoms with van der Waals surface area (Å²) in [6.45, 7) is 5.71. The molecule has 5 nitrogen and oxygen atoms in total. The zero-order chi connectivity index (χ0) is 16.9. The first-order valence-corrected chi connectivity index (χ1v) is 9.08. The predicted octanol–water partition coefficient (Wildman–Crippen LogP) is 2.40. The summed E-state index contributed by atoms with van der Waals surface area (Å²) < 4.78 is 0. The Labute approximate surface area is 144 Å². The number of carbonyl (C=O) groups is 1. The van der Waals surface area contributed by atoms with Crippen molar-refractivity contribution in [1.29, 1.82) is 0 Å². The van der Waals surface area contributed by atoms with Crippen LogP contribution in [0, 0.1) is 5.92 Å². The van der Waals surface area contributed by atoms with Crippen LogP contribution in [-0.2, 0) is 11.2 Å². The van der Waals surface area contributed by atoms with Gasteiger partial charge < -0.3 is 15.5 Å². The van der Waals surface area contributed by atoms with Crippen LogP contribution in [0.1, 0.15) is 38.2 Å². The highest BCUT2D eigenvalue weighted by atomic mass is 16.2. The van der Waals surface area contributed by atoms with Crippen LogP contribution in [0.2, 0.25) is 0 Å². The van der Waals surface area contributed by atoms with Crippen LogP contribution in [0.15, 0.2) is 29.3 Å². The summed E-state index contributed by atoms with van der Waals surface area (Å²) in [6.07, 6.45) is 4.61. The molecule has 0 radical (unpaired) electrons. The number of para-hydroxylation sites is 1. The van der Waals surface area contributed by atoms with Crippen molar-refractivity contribution in [2.24, 2.45) is 16.6 Å². The fourth-order valence-corrected chi connectivity index (χ4v) is 3.49. The van der Waals surface area contributed by atoms with Crippen LogP contribution in [0.5, 0.6) is 0 Å². The lowest BCUT2D eigenvalue weighted by molar-refractivity contribution is -0.118. The number of nitrogens with zero attached hydrogens (tertiary/aromatic N) is 3. The molecule has 0 spiro atoms. The molecule has 0 unspecified atom stereocenters. The zero-order valence-electron chi connectivity index (χ0n) is 14.6. The maximum atomic E-state index is 12.4. The van der Waals surface area contributed by atoms with Gasteiger partial charge >= 0.3 is 0 Å². The number of anilines is 1. The molecule has 2 aliphatic heterocycles. The first-order valence-electron chi connectivity index (χ1n) is 9.08. The number of carbonyl (C=O) groups excluding carboxylic acids is 1. The smallest absolute Gasteiger partial charge is 0.227 e. The van der Waals surface area contributed by atoms with E-state index in [4.69, 9.17) is 5.73 Å². The molecule has 1 saturated heterocycles. The first-order chi connectivity index (χ1) is 11.6. The number of rotatable bonds is 4. The minimum Gasteiger partial charge on any atom is -0.370 e. The van der Waals surface area contributed by atoms with Gasteiger partial charge in [-0.1, -0.05) is 25.1 Å². The SMILES string of the molecule is CC1CCN(C(N)=NCCCC(=O)N2CCc3ccccc32)CC1. The van der Waals surface area contributed by atoms with Gasteiger partial charge in [-0.05, 0) is 43.2 Å². The Hall–Kier alpha value is -2.04. The molecule has 5 heteroatoms. The van der Waals surface area contributed by atoms with E-state index >= 15 is 0 Å². The van der Waals surface area contributed by atoms with Crippen molar-refractivity contribution < 1.29 is 4.79 Å². The number of fused-ring (bicyclic) bond motifs is 1. The Morgan fingerprint density at radius 2 is 2.00 bits per heavy atom. The fraction of sp³-hybridized carbons (Fsp3) is 0.579. The monoisotopic (exact) mass is 328 g/mol. The second kappa shape index (κ2) is 7.69. The maximum absolute atomic E-state index is 12.4. The van der Waals surface area contributed by atoms with E-state index in [0.29, 0.717) is 18.9 Å². The molecular weight excluding hydrogens is 300 g/mol. The van der Waals surface area contributed by atoms with Crippen molar-refractivity contribution in [3.63, 3.8) is 0 Å². The Morgan fingerprint density at radius 1 is 1.25 bits per heavy atom. The third-order valence-electron chi connectivity index (χ3n) is 5.12. The van der Waals surface area contributed by atoms with Crippen LogP contribution < -0.4 is 10.6 Å². The van der Waals surface area contributed by atoms with E-state index in [9.17, 15) is 4.79 Å². The van der Waals surface area contributed by atoms with Crippen LogP contribution in [0.3, 0.4) is 0 Å². The average molecular weight is 328 g/mol. The molecule has 1 aromatic carbocycles. The second-order valence-electron chi connectivity index (χ2n) is 6.94. The molecule has 1 fully saturated rings. The molecule has 0 bridgehead atoms. The van der Waals surface area contributed by atoms with E-state index in [-0.39, 0.29) is 5.91 Å². The standard InChI is InChI=1S/C19H28N4O/c1-15-8-12-22(13-9-15)19(20)21-11-4-7-18(24)23-14-10-16-5-2-3-6-17(16)23/h2-3,5-6,15H,4,7-14H2,1H3,(H2,20,21). The summed E-state index contributed by atoms with van der Waals surface area (Å²) >= 11 is 0. The summed E-state index contributed by atoms with van der Waals surface area (Å²) in [6, 6.07) is 8.17. The number of likely N-dealkylation sites (tertiary alicyclic amines) is 1. The van der Waals surface area contributed by atoms with Crippen LogP contribution in [-0.4, -0.2) is 42.9 Å². The van der Waals surface area contributed by atoms with Gasteiger partial charge in [-0.25, -0.2) is 0 Å². The van der Waals surface area contributed by atoms with Crippen molar-refractivity contribution in [3.05, 3.63) is 29.8 Å². The van der Waals surface area contributed by atoms with Gasteiger partial charge in [0.15, 0.2) is 5.96 Å². The van der Waals surface area contributed by atoms with Crippen LogP contribution in [0.25, 0.3) is 0 Å². The van der Waals surface area contributed by atoms with Crippen LogP contribution in [0.4, 0.5) is 5.69 Å². The van der Waals surface area contributed by atoms with Gasteiger partial charge in [-0.15, -0.1) is 0 Å². The molecule has 2 heterocycles. The second-order valence-corrected chi connectivity index (χ2v) is 6.94. The molecule has 0 aromatic heterocycles. The first kappa shape index (κ1) is 16.8. The summed E-state index contributed by atoms with van der Waals surface area (Å²) in [7, 11) is 0. The van der Waals surface area contributed by atoms with E-state index in [1.165, 1.54) is 18.4 Å². The number of aliphatic imine (C=N–C) groups is 1. The summed E-state index contributed by atoms with van der Waals surface area (Å²) in [4.78, 5) is 21.0. The lowest BCUT2D eigenvalue weighted by Gasteiger charge is -2.31. The highest BCUT2D eigenvalue weighted by Crippen LogP contribution is 2.28.